The molecule has 0 aliphatic heterocycles. The number of likely N-dealkylation sites (N-methyl/N-ethyl adjacent to an activating group) is 1. The average molecular weight is 249 g/mol. The first-order chi connectivity index (χ1) is 5.99. The van der Waals surface area contributed by atoms with Gasteiger partial charge in [-0.1, -0.05) is 22.5 Å². The van der Waals surface area contributed by atoms with Crippen LogP contribution >= 0.6 is 15.9 Å². The van der Waals surface area contributed by atoms with Gasteiger partial charge in [0.2, 0.25) is 5.91 Å². The molecule has 0 rings (SSSR count). The van der Waals surface area contributed by atoms with Crippen molar-refractivity contribution < 1.29 is 4.79 Å². The molecule has 4 heteroatoms. The van der Waals surface area contributed by atoms with Crippen LogP contribution in [0.2, 0.25) is 0 Å². The Morgan fingerprint density at radius 1 is 1.69 bits per heavy atom. The van der Waals surface area contributed by atoms with E-state index in [1.807, 2.05) is 13.8 Å². The average Bonchev–Trinajstić information content (AvgIpc) is 2.11. The molecule has 3 nitrogen and oxygen atoms in total. The first-order valence-electron chi connectivity index (χ1n) is 4.30. The smallest absolute Gasteiger partial charge is 0.239 e. The highest BCUT2D eigenvalue weighted by molar-refractivity contribution is 9.11. The second-order valence-electron chi connectivity index (χ2n) is 2.97. The first-order valence-corrected chi connectivity index (χ1v) is 5.10. The molecular formula is C9H17BrN2O. The highest BCUT2D eigenvalue weighted by Crippen LogP contribution is 1.99. The number of carbonyl (C=O) groups is 1. The maximum absolute atomic E-state index is 11.5. The molecule has 0 aromatic carbocycles. The largest absolute Gasteiger partial charge is 0.345 e. The number of rotatable bonds is 5. The van der Waals surface area contributed by atoms with Crippen LogP contribution in [0.25, 0.3) is 0 Å². The summed E-state index contributed by atoms with van der Waals surface area (Å²) >= 11 is 3.22. The summed E-state index contributed by atoms with van der Waals surface area (Å²) in [5.74, 6) is 0.108. The van der Waals surface area contributed by atoms with Crippen molar-refractivity contribution >= 4 is 21.8 Å². The summed E-state index contributed by atoms with van der Waals surface area (Å²) in [6.07, 6.45) is 0. The van der Waals surface area contributed by atoms with Crippen LogP contribution < -0.4 is 5.32 Å². The predicted octanol–water partition coefficient (Wildman–Crippen LogP) is 1.35. The SMILES string of the molecule is C=C(Br)CNC(C)C(=O)N(C)CC. The number of nitrogens with one attached hydrogen (secondary N) is 1. The zero-order valence-corrected chi connectivity index (χ0v) is 10.0. The third kappa shape index (κ3) is 5.05. The topological polar surface area (TPSA) is 32.3 Å². The van der Waals surface area contributed by atoms with Crippen LogP contribution in [-0.2, 0) is 4.79 Å². The highest BCUT2D eigenvalue weighted by atomic mass is 79.9. The van der Waals surface area contributed by atoms with E-state index in [9.17, 15) is 4.79 Å². The molecule has 0 radical (unpaired) electrons. The standard InChI is InChI=1S/C9H17BrN2O/c1-5-12(4)9(13)8(3)11-6-7(2)10/h8,11H,2,5-6H2,1,3-4H3. The minimum atomic E-state index is -0.153. The molecular weight excluding hydrogens is 232 g/mol. The van der Waals surface area contributed by atoms with E-state index in [0.717, 1.165) is 11.0 Å². The molecule has 1 N–H and O–H groups in total. The van der Waals surface area contributed by atoms with E-state index < -0.39 is 0 Å². The van der Waals surface area contributed by atoms with Crippen LogP contribution in [-0.4, -0.2) is 37.0 Å². The predicted molar refractivity (Wildman–Crippen MR) is 58.8 cm³/mol. The molecule has 0 saturated carbocycles. The van der Waals surface area contributed by atoms with Crippen molar-refractivity contribution in [3.8, 4) is 0 Å². The highest BCUT2D eigenvalue weighted by Gasteiger charge is 2.14. The van der Waals surface area contributed by atoms with E-state index in [1.165, 1.54) is 0 Å². The molecule has 13 heavy (non-hydrogen) atoms. The van der Waals surface area contributed by atoms with E-state index >= 15 is 0 Å². The Kier molecular flexibility index (Phi) is 5.99. The van der Waals surface area contributed by atoms with Crippen LogP contribution in [0.1, 0.15) is 13.8 Å². The molecule has 0 aliphatic rings. The lowest BCUT2D eigenvalue weighted by Crippen LogP contribution is -2.43. The summed E-state index contributed by atoms with van der Waals surface area (Å²) in [5.41, 5.74) is 0. The van der Waals surface area contributed by atoms with Gasteiger partial charge in [-0.05, 0) is 13.8 Å². The Bertz CT molecular complexity index is 194. The first kappa shape index (κ1) is 12.7. The van der Waals surface area contributed by atoms with Gasteiger partial charge in [0.1, 0.15) is 0 Å². The summed E-state index contributed by atoms with van der Waals surface area (Å²) < 4.78 is 0.853. The Morgan fingerprint density at radius 3 is 2.62 bits per heavy atom. The van der Waals surface area contributed by atoms with Crippen molar-refractivity contribution in [1.29, 1.82) is 0 Å². The number of amides is 1. The third-order valence-electron chi connectivity index (χ3n) is 1.82. The van der Waals surface area contributed by atoms with E-state index in [0.29, 0.717) is 6.54 Å². The molecule has 0 bridgehead atoms. The maximum Gasteiger partial charge on any atom is 0.239 e. The molecule has 76 valence electrons. The van der Waals surface area contributed by atoms with Gasteiger partial charge in [0.15, 0.2) is 0 Å². The van der Waals surface area contributed by atoms with Gasteiger partial charge in [-0.3, -0.25) is 4.79 Å². The molecule has 1 amide bonds. The third-order valence-corrected chi connectivity index (χ3v) is 2.10. The lowest BCUT2D eigenvalue weighted by atomic mass is 10.3. The number of nitrogens with zero attached hydrogens (tertiary/aromatic N) is 1. The van der Waals surface area contributed by atoms with Crippen LogP contribution in [0.15, 0.2) is 11.1 Å². The van der Waals surface area contributed by atoms with Crippen molar-refractivity contribution in [3.05, 3.63) is 11.1 Å². The van der Waals surface area contributed by atoms with Crippen molar-refractivity contribution in [2.45, 2.75) is 19.9 Å². The fraction of sp³-hybridized carbons (Fsp3) is 0.667. The Hall–Kier alpha value is -0.350. The van der Waals surface area contributed by atoms with Gasteiger partial charge in [-0.15, -0.1) is 0 Å². The van der Waals surface area contributed by atoms with E-state index in [2.05, 4.69) is 27.8 Å². The summed E-state index contributed by atoms with van der Waals surface area (Å²) in [6, 6.07) is -0.153. The quantitative estimate of drug-likeness (QED) is 0.797. The monoisotopic (exact) mass is 248 g/mol. The molecule has 0 saturated heterocycles. The summed E-state index contributed by atoms with van der Waals surface area (Å²) in [6.45, 7) is 8.84. The van der Waals surface area contributed by atoms with Gasteiger partial charge < -0.3 is 10.2 Å². The fourth-order valence-electron chi connectivity index (χ4n) is 0.838. The maximum atomic E-state index is 11.5. The molecule has 0 aromatic rings. The van der Waals surface area contributed by atoms with Crippen LogP contribution in [0.3, 0.4) is 0 Å². The second kappa shape index (κ2) is 6.16. The van der Waals surface area contributed by atoms with Gasteiger partial charge >= 0.3 is 0 Å². The number of carbonyl (C=O) groups excluding carboxylic acids is 1. The van der Waals surface area contributed by atoms with Crippen molar-refractivity contribution in [2.75, 3.05) is 20.1 Å². The van der Waals surface area contributed by atoms with Crippen LogP contribution in [0.5, 0.6) is 0 Å². The fourth-order valence-corrected chi connectivity index (χ4v) is 0.999. The van der Waals surface area contributed by atoms with Crippen LogP contribution in [0, 0.1) is 0 Å². The number of hydrogen-bond donors (Lipinski definition) is 1. The Morgan fingerprint density at radius 2 is 2.23 bits per heavy atom. The molecule has 0 fully saturated rings. The molecule has 0 aromatic heterocycles. The molecule has 1 unspecified atom stereocenters. The molecule has 0 aliphatic carbocycles. The van der Waals surface area contributed by atoms with Crippen molar-refractivity contribution in [3.63, 3.8) is 0 Å². The van der Waals surface area contributed by atoms with Crippen LogP contribution in [0.4, 0.5) is 0 Å². The summed E-state index contributed by atoms with van der Waals surface area (Å²) in [5, 5.41) is 3.06. The van der Waals surface area contributed by atoms with Gasteiger partial charge in [-0.2, -0.15) is 0 Å². The van der Waals surface area contributed by atoms with Crippen molar-refractivity contribution in [1.82, 2.24) is 10.2 Å². The normalized spacial score (nSPS) is 12.3. The van der Waals surface area contributed by atoms with Gasteiger partial charge in [0.25, 0.3) is 0 Å². The lowest BCUT2D eigenvalue weighted by molar-refractivity contribution is -0.131. The molecule has 1 atom stereocenters. The minimum Gasteiger partial charge on any atom is -0.345 e. The lowest BCUT2D eigenvalue weighted by Gasteiger charge is -2.20. The van der Waals surface area contributed by atoms with Gasteiger partial charge in [0, 0.05) is 24.6 Å². The molecule has 0 heterocycles. The number of hydrogen-bond acceptors (Lipinski definition) is 2. The van der Waals surface area contributed by atoms with E-state index in [1.54, 1.807) is 11.9 Å². The zero-order chi connectivity index (χ0) is 10.4. The van der Waals surface area contributed by atoms with E-state index in [-0.39, 0.29) is 11.9 Å². The van der Waals surface area contributed by atoms with Gasteiger partial charge in [0.05, 0.1) is 6.04 Å². The minimum absolute atomic E-state index is 0.108. The van der Waals surface area contributed by atoms with Gasteiger partial charge in [-0.25, -0.2) is 0 Å². The molecule has 0 spiro atoms. The number of halogens is 1. The van der Waals surface area contributed by atoms with E-state index in [4.69, 9.17) is 0 Å². The Labute approximate surface area is 88.3 Å². The summed E-state index contributed by atoms with van der Waals surface area (Å²) in [7, 11) is 1.80. The summed E-state index contributed by atoms with van der Waals surface area (Å²) in [4.78, 5) is 13.2. The van der Waals surface area contributed by atoms with Crippen molar-refractivity contribution in [2.24, 2.45) is 0 Å². The Balaban J connectivity index is 3.89. The second-order valence-corrected chi connectivity index (χ2v) is 4.09. The zero-order valence-electron chi connectivity index (χ0n) is 8.43.